The molecular weight excluding hydrogens is 278 g/mol. The molecular formula is C13H16BrN3. The highest BCUT2D eigenvalue weighted by atomic mass is 79.9. The van der Waals surface area contributed by atoms with E-state index in [-0.39, 0.29) is 6.04 Å². The van der Waals surface area contributed by atoms with E-state index in [1.165, 1.54) is 5.56 Å². The molecule has 90 valence electrons. The number of rotatable bonds is 3. The maximum atomic E-state index is 4.35. The normalized spacial score (nSPS) is 12.5. The molecule has 0 spiro atoms. The first kappa shape index (κ1) is 12.2. The van der Waals surface area contributed by atoms with E-state index in [9.17, 15) is 0 Å². The van der Waals surface area contributed by atoms with Crippen molar-refractivity contribution >= 4 is 21.6 Å². The van der Waals surface area contributed by atoms with Crippen molar-refractivity contribution in [2.45, 2.75) is 19.9 Å². The molecule has 1 unspecified atom stereocenters. The number of aryl methyl sites for hydroxylation is 1. The summed E-state index contributed by atoms with van der Waals surface area (Å²) < 4.78 is 3.15. The summed E-state index contributed by atoms with van der Waals surface area (Å²) in [5.41, 5.74) is 2.35. The number of aromatic nitrogens is 2. The molecule has 1 atom stereocenters. The summed E-state index contributed by atoms with van der Waals surface area (Å²) in [5.74, 6) is 1.03. The van der Waals surface area contributed by atoms with Crippen LogP contribution in [0, 0.1) is 6.92 Å². The van der Waals surface area contributed by atoms with E-state index >= 15 is 0 Å². The topological polar surface area (TPSA) is 29.9 Å². The molecule has 17 heavy (non-hydrogen) atoms. The van der Waals surface area contributed by atoms with Crippen molar-refractivity contribution in [3.8, 4) is 0 Å². The zero-order valence-corrected chi connectivity index (χ0v) is 11.8. The van der Waals surface area contributed by atoms with Gasteiger partial charge in [-0.1, -0.05) is 22.0 Å². The summed E-state index contributed by atoms with van der Waals surface area (Å²) in [4.78, 5) is 4.35. The van der Waals surface area contributed by atoms with Gasteiger partial charge in [0.2, 0.25) is 0 Å². The van der Waals surface area contributed by atoms with Crippen molar-refractivity contribution in [3.63, 3.8) is 0 Å². The molecule has 1 heterocycles. The Hall–Kier alpha value is -1.29. The van der Waals surface area contributed by atoms with Crippen LogP contribution in [0.15, 0.2) is 35.1 Å². The van der Waals surface area contributed by atoms with Gasteiger partial charge in [-0.2, -0.15) is 0 Å². The lowest BCUT2D eigenvalue weighted by Gasteiger charge is -2.17. The van der Waals surface area contributed by atoms with Crippen molar-refractivity contribution < 1.29 is 0 Å². The second kappa shape index (κ2) is 4.92. The molecule has 0 bridgehead atoms. The molecule has 0 radical (unpaired) electrons. The summed E-state index contributed by atoms with van der Waals surface area (Å²) in [6.45, 7) is 4.21. The van der Waals surface area contributed by atoms with Gasteiger partial charge in [-0.3, -0.25) is 0 Å². The van der Waals surface area contributed by atoms with E-state index in [1.54, 1.807) is 0 Å². The largest absolute Gasteiger partial charge is 0.375 e. The van der Waals surface area contributed by atoms with E-state index in [2.05, 4.69) is 46.1 Å². The molecule has 0 amide bonds. The quantitative estimate of drug-likeness (QED) is 0.936. The van der Waals surface area contributed by atoms with Crippen molar-refractivity contribution in [1.82, 2.24) is 9.55 Å². The minimum Gasteiger partial charge on any atom is -0.375 e. The molecule has 0 saturated heterocycles. The number of anilines is 1. The highest BCUT2D eigenvalue weighted by molar-refractivity contribution is 9.10. The lowest BCUT2D eigenvalue weighted by molar-refractivity contribution is 0.721. The fraction of sp³-hybridized carbons (Fsp3) is 0.308. The highest BCUT2D eigenvalue weighted by Crippen LogP contribution is 2.26. The zero-order valence-electron chi connectivity index (χ0n) is 10.2. The van der Waals surface area contributed by atoms with Gasteiger partial charge in [-0.05, 0) is 31.5 Å². The van der Waals surface area contributed by atoms with Gasteiger partial charge in [0.05, 0.1) is 6.04 Å². The van der Waals surface area contributed by atoms with Crippen LogP contribution in [0.5, 0.6) is 0 Å². The zero-order chi connectivity index (χ0) is 12.4. The third kappa shape index (κ3) is 2.52. The lowest BCUT2D eigenvalue weighted by atomic mass is 10.2. The molecule has 1 N–H and O–H groups in total. The van der Waals surface area contributed by atoms with Gasteiger partial charge in [-0.25, -0.2) is 4.98 Å². The summed E-state index contributed by atoms with van der Waals surface area (Å²) >= 11 is 3.54. The van der Waals surface area contributed by atoms with E-state index in [0.29, 0.717) is 0 Å². The van der Waals surface area contributed by atoms with Crippen LogP contribution < -0.4 is 5.32 Å². The van der Waals surface area contributed by atoms with E-state index in [0.717, 1.165) is 16.0 Å². The van der Waals surface area contributed by atoms with Crippen molar-refractivity contribution in [1.29, 1.82) is 0 Å². The summed E-state index contributed by atoms with van der Waals surface area (Å²) in [5, 5.41) is 3.48. The second-order valence-electron chi connectivity index (χ2n) is 4.17. The van der Waals surface area contributed by atoms with Crippen molar-refractivity contribution in [3.05, 3.63) is 46.5 Å². The standard InChI is InChI=1S/C13H16BrN3/c1-9-11(14)5-4-6-12(9)16-10(2)13-15-7-8-17(13)3/h4-8,10,16H,1-3H3. The predicted molar refractivity (Wildman–Crippen MR) is 74.1 cm³/mol. The molecule has 3 nitrogen and oxygen atoms in total. The Bertz CT molecular complexity index is 519. The second-order valence-corrected chi connectivity index (χ2v) is 5.03. The first-order valence-corrected chi connectivity index (χ1v) is 6.37. The fourth-order valence-corrected chi connectivity index (χ4v) is 2.22. The monoisotopic (exact) mass is 293 g/mol. The number of nitrogens with one attached hydrogen (secondary N) is 1. The fourth-order valence-electron chi connectivity index (χ4n) is 1.86. The SMILES string of the molecule is Cc1c(Br)cccc1NC(C)c1nccn1C. The third-order valence-electron chi connectivity index (χ3n) is 2.89. The van der Waals surface area contributed by atoms with Gasteiger partial charge in [0.15, 0.2) is 0 Å². The first-order valence-electron chi connectivity index (χ1n) is 5.58. The van der Waals surface area contributed by atoms with Crippen LogP contribution in [0.2, 0.25) is 0 Å². The van der Waals surface area contributed by atoms with Gasteiger partial charge in [-0.15, -0.1) is 0 Å². The number of hydrogen-bond acceptors (Lipinski definition) is 2. The molecule has 0 aliphatic carbocycles. The van der Waals surface area contributed by atoms with E-state index in [1.807, 2.05) is 36.1 Å². The molecule has 4 heteroatoms. The molecule has 0 aliphatic rings. The molecule has 1 aromatic carbocycles. The van der Waals surface area contributed by atoms with Gasteiger partial charge in [0.1, 0.15) is 5.82 Å². The van der Waals surface area contributed by atoms with Gasteiger partial charge in [0, 0.05) is 29.6 Å². The van der Waals surface area contributed by atoms with Crippen LogP contribution in [0.25, 0.3) is 0 Å². The Labute approximate surface area is 110 Å². The van der Waals surface area contributed by atoms with Crippen LogP contribution in [0.1, 0.15) is 24.4 Å². The highest BCUT2D eigenvalue weighted by Gasteiger charge is 2.11. The Morgan fingerprint density at radius 2 is 2.18 bits per heavy atom. The van der Waals surface area contributed by atoms with Crippen LogP contribution in [0.4, 0.5) is 5.69 Å². The van der Waals surface area contributed by atoms with Gasteiger partial charge < -0.3 is 9.88 Å². The molecule has 1 aromatic heterocycles. The number of hydrogen-bond donors (Lipinski definition) is 1. The van der Waals surface area contributed by atoms with Gasteiger partial charge in [0.25, 0.3) is 0 Å². The predicted octanol–water partition coefficient (Wildman–Crippen LogP) is 3.66. The van der Waals surface area contributed by atoms with Crippen molar-refractivity contribution in [2.75, 3.05) is 5.32 Å². The third-order valence-corrected chi connectivity index (χ3v) is 3.74. The summed E-state index contributed by atoms with van der Waals surface area (Å²) in [6.07, 6.45) is 3.78. The number of nitrogens with zero attached hydrogens (tertiary/aromatic N) is 2. The first-order chi connectivity index (χ1) is 8.09. The lowest BCUT2D eigenvalue weighted by Crippen LogP contribution is -2.12. The molecule has 2 rings (SSSR count). The van der Waals surface area contributed by atoms with Gasteiger partial charge >= 0.3 is 0 Å². The van der Waals surface area contributed by atoms with E-state index in [4.69, 9.17) is 0 Å². The number of halogens is 1. The smallest absolute Gasteiger partial charge is 0.130 e. The molecule has 0 aliphatic heterocycles. The average Bonchev–Trinajstić information content (AvgIpc) is 2.71. The Morgan fingerprint density at radius 3 is 2.82 bits per heavy atom. The Morgan fingerprint density at radius 1 is 1.41 bits per heavy atom. The summed E-state index contributed by atoms with van der Waals surface area (Å²) in [6, 6.07) is 6.35. The number of imidazole rings is 1. The maximum absolute atomic E-state index is 4.35. The van der Waals surface area contributed by atoms with Crippen LogP contribution in [-0.2, 0) is 7.05 Å². The van der Waals surface area contributed by atoms with Crippen LogP contribution in [0.3, 0.4) is 0 Å². The summed E-state index contributed by atoms with van der Waals surface area (Å²) in [7, 11) is 2.01. The number of benzene rings is 1. The van der Waals surface area contributed by atoms with Crippen LogP contribution in [-0.4, -0.2) is 9.55 Å². The van der Waals surface area contributed by atoms with Crippen LogP contribution >= 0.6 is 15.9 Å². The average molecular weight is 294 g/mol. The maximum Gasteiger partial charge on any atom is 0.130 e. The minimum atomic E-state index is 0.183. The molecule has 0 saturated carbocycles. The van der Waals surface area contributed by atoms with Crippen molar-refractivity contribution in [2.24, 2.45) is 7.05 Å². The Balaban J connectivity index is 2.22. The minimum absolute atomic E-state index is 0.183. The molecule has 2 aromatic rings. The van der Waals surface area contributed by atoms with E-state index < -0.39 is 0 Å². The Kier molecular flexibility index (Phi) is 3.52. The molecule has 0 fully saturated rings.